The van der Waals surface area contributed by atoms with Crippen molar-refractivity contribution in [3.8, 4) is 5.88 Å². The van der Waals surface area contributed by atoms with E-state index in [1.165, 1.54) is 19.4 Å². The van der Waals surface area contributed by atoms with Gasteiger partial charge in [-0.1, -0.05) is 31.5 Å². The van der Waals surface area contributed by atoms with Crippen molar-refractivity contribution in [2.24, 2.45) is 0 Å². The van der Waals surface area contributed by atoms with Crippen LogP contribution in [0.15, 0.2) is 61.2 Å². The molecule has 1 aliphatic rings. The van der Waals surface area contributed by atoms with E-state index >= 15 is 0 Å². The fraction of sp³-hybridized carbons (Fsp3) is 0.375. The maximum absolute atomic E-state index is 14.1. The van der Waals surface area contributed by atoms with Crippen LogP contribution in [0.3, 0.4) is 0 Å². The lowest BCUT2D eigenvalue weighted by Gasteiger charge is -2.31. The van der Waals surface area contributed by atoms with Gasteiger partial charge in [0.15, 0.2) is 0 Å². The molecule has 0 atom stereocenters. The van der Waals surface area contributed by atoms with E-state index in [0.717, 1.165) is 36.8 Å². The summed E-state index contributed by atoms with van der Waals surface area (Å²) in [5.74, 6) is 0.170. The summed E-state index contributed by atoms with van der Waals surface area (Å²) >= 11 is 5.82. The molecule has 244 valence electrons. The predicted molar refractivity (Wildman–Crippen MR) is 167 cm³/mol. The van der Waals surface area contributed by atoms with Crippen LogP contribution in [-0.4, -0.2) is 60.0 Å². The molecule has 14 heteroatoms. The normalized spacial score (nSPS) is 14.0. The molecule has 6 rings (SSSR count). The molecule has 0 spiro atoms. The molecular formula is C32H35ClF3N7O3. The zero-order valence-corrected chi connectivity index (χ0v) is 26.5. The number of nitrogens with zero attached hydrogens (tertiary/aromatic N) is 7. The molecular weight excluding hydrogens is 623 g/mol. The SMILES string of the molecule is CC.COC(=O)c1ccc2nc(CN3CCC(n4ccc(OCc5ccc(Cl)cc5F)n4)CC3)n(Cc3cncn3C(F)F)c2c1. The highest BCUT2D eigenvalue weighted by molar-refractivity contribution is 6.30. The van der Waals surface area contributed by atoms with E-state index < -0.39 is 18.3 Å². The van der Waals surface area contributed by atoms with Gasteiger partial charge < -0.3 is 14.0 Å². The Hall–Kier alpha value is -4.36. The van der Waals surface area contributed by atoms with E-state index in [1.807, 2.05) is 29.3 Å². The number of carbonyl (C=O) groups is 1. The minimum absolute atomic E-state index is 0.0404. The van der Waals surface area contributed by atoms with Crippen LogP contribution in [0, 0.1) is 5.82 Å². The maximum Gasteiger partial charge on any atom is 0.337 e. The summed E-state index contributed by atoms with van der Waals surface area (Å²) in [6, 6.07) is 11.4. The molecule has 0 bridgehead atoms. The monoisotopic (exact) mass is 657 g/mol. The largest absolute Gasteiger partial charge is 0.472 e. The third-order valence-corrected chi connectivity index (χ3v) is 8.03. The molecule has 1 aliphatic heterocycles. The summed E-state index contributed by atoms with van der Waals surface area (Å²) in [5.41, 5.74) is 2.34. The molecule has 0 N–H and O–H groups in total. The van der Waals surface area contributed by atoms with Crippen LogP contribution in [0.1, 0.15) is 66.7 Å². The lowest BCUT2D eigenvalue weighted by molar-refractivity contribution is 0.0600. The highest BCUT2D eigenvalue weighted by atomic mass is 35.5. The molecule has 10 nitrogen and oxygen atoms in total. The summed E-state index contributed by atoms with van der Waals surface area (Å²) in [7, 11) is 1.31. The van der Waals surface area contributed by atoms with Gasteiger partial charge in [-0.05, 0) is 43.2 Å². The van der Waals surface area contributed by atoms with Gasteiger partial charge in [-0.25, -0.2) is 19.2 Å². The molecule has 2 aromatic carbocycles. The van der Waals surface area contributed by atoms with Crippen molar-refractivity contribution >= 4 is 28.6 Å². The van der Waals surface area contributed by atoms with Crippen LogP contribution in [-0.2, 0) is 24.4 Å². The lowest BCUT2D eigenvalue weighted by Crippen LogP contribution is -2.35. The van der Waals surface area contributed by atoms with Crippen LogP contribution in [0.25, 0.3) is 11.0 Å². The Morgan fingerprint density at radius 1 is 1.09 bits per heavy atom. The van der Waals surface area contributed by atoms with Gasteiger partial charge in [-0.3, -0.25) is 14.1 Å². The number of methoxy groups -OCH3 is 1. The van der Waals surface area contributed by atoms with Gasteiger partial charge in [0.05, 0.1) is 61.1 Å². The van der Waals surface area contributed by atoms with Gasteiger partial charge in [0.2, 0.25) is 5.88 Å². The fourth-order valence-corrected chi connectivity index (χ4v) is 5.60. The number of halogens is 4. The number of alkyl halides is 2. The number of likely N-dealkylation sites (tertiary alicyclic amines) is 1. The Labute approximate surface area is 269 Å². The molecule has 3 aromatic heterocycles. The first-order valence-corrected chi connectivity index (χ1v) is 15.4. The topological polar surface area (TPSA) is 92.2 Å². The van der Waals surface area contributed by atoms with Gasteiger partial charge in [0, 0.05) is 35.9 Å². The summed E-state index contributed by atoms with van der Waals surface area (Å²) < 4.78 is 56.4. The van der Waals surface area contributed by atoms with Gasteiger partial charge in [0.25, 0.3) is 0 Å². The Morgan fingerprint density at radius 2 is 1.87 bits per heavy atom. The van der Waals surface area contributed by atoms with Crippen molar-refractivity contribution < 1.29 is 27.4 Å². The Kier molecular flexibility index (Phi) is 10.6. The molecule has 5 aromatic rings. The van der Waals surface area contributed by atoms with Gasteiger partial charge >= 0.3 is 12.5 Å². The first-order chi connectivity index (χ1) is 22.3. The second-order valence-corrected chi connectivity index (χ2v) is 11.0. The number of hydrogen-bond donors (Lipinski definition) is 0. The second kappa shape index (κ2) is 14.8. The molecule has 0 radical (unpaired) electrons. The Balaban J connectivity index is 0.00000204. The summed E-state index contributed by atoms with van der Waals surface area (Å²) in [6.45, 7) is 3.40. The molecule has 0 unspecified atom stereocenters. The molecule has 1 saturated heterocycles. The number of esters is 1. The fourth-order valence-electron chi connectivity index (χ4n) is 5.44. The van der Waals surface area contributed by atoms with Crippen LogP contribution in [0.4, 0.5) is 13.2 Å². The van der Waals surface area contributed by atoms with Crippen molar-refractivity contribution in [1.29, 1.82) is 0 Å². The number of ether oxygens (including phenoxy) is 2. The van der Waals surface area contributed by atoms with E-state index in [2.05, 4.69) is 15.0 Å². The van der Waals surface area contributed by atoms with E-state index in [1.54, 1.807) is 36.4 Å². The third-order valence-electron chi connectivity index (χ3n) is 7.80. The van der Waals surface area contributed by atoms with E-state index in [9.17, 15) is 18.0 Å². The minimum atomic E-state index is -2.73. The number of fused-ring (bicyclic) bond motifs is 1. The number of hydrogen-bond acceptors (Lipinski definition) is 7. The zero-order chi connectivity index (χ0) is 32.8. The maximum atomic E-state index is 14.1. The predicted octanol–water partition coefficient (Wildman–Crippen LogP) is 6.89. The lowest BCUT2D eigenvalue weighted by atomic mass is 10.1. The van der Waals surface area contributed by atoms with Crippen molar-refractivity contribution in [3.63, 3.8) is 0 Å². The summed E-state index contributed by atoms with van der Waals surface area (Å²) in [5, 5.41) is 4.87. The van der Waals surface area contributed by atoms with Gasteiger partial charge in [-0.15, -0.1) is 5.10 Å². The van der Waals surface area contributed by atoms with Crippen LogP contribution in [0.5, 0.6) is 5.88 Å². The number of carbonyl (C=O) groups excluding carboxylic acids is 1. The molecule has 0 saturated carbocycles. The average Bonchev–Trinajstić information content (AvgIpc) is 3.81. The van der Waals surface area contributed by atoms with Crippen molar-refractivity contribution in [3.05, 3.63) is 94.7 Å². The van der Waals surface area contributed by atoms with Gasteiger partial charge in [0.1, 0.15) is 18.2 Å². The molecule has 46 heavy (non-hydrogen) atoms. The second-order valence-electron chi connectivity index (χ2n) is 10.5. The molecule has 0 amide bonds. The first-order valence-electron chi connectivity index (χ1n) is 15.0. The standard InChI is InChI=1S/C30H29ClF3N7O3.C2H6/c1-43-29(42)19-3-5-25-26(12-19)39(15-23-14-35-18-40(23)30(33)34)27(36-25)16-38-9-6-22(7-10-38)41-11-8-28(37-41)44-17-20-2-4-21(31)13-24(20)32;1-2/h2-5,8,11-14,18,22,30H,6-7,9-10,15-17H2,1H3;1-2H3. The number of benzene rings is 2. The first kappa shape index (κ1) is 33.0. The molecule has 0 aliphatic carbocycles. The van der Waals surface area contributed by atoms with E-state index in [4.69, 9.17) is 26.1 Å². The van der Waals surface area contributed by atoms with Crippen LogP contribution in [0.2, 0.25) is 5.02 Å². The number of imidazole rings is 2. The van der Waals surface area contributed by atoms with E-state index in [0.29, 0.717) is 51.1 Å². The minimum Gasteiger partial charge on any atom is -0.472 e. The summed E-state index contributed by atoms with van der Waals surface area (Å²) in [4.78, 5) is 23.2. The zero-order valence-electron chi connectivity index (χ0n) is 25.7. The Morgan fingerprint density at radius 3 is 2.59 bits per heavy atom. The van der Waals surface area contributed by atoms with Gasteiger partial charge in [-0.2, -0.15) is 8.78 Å². The highest BCUT2D eigenvalue weighted by Gasteiger charge is 2.24. The quantitative estimate of drug-likeness (QED) is 0.151. The molecule has 1 fully saturated rings. The average molecular weight is 658 g/mol. The number of aromatic nitrogens is 6. The van der Waals surface area contributed by atoms with Crippen LogP contribution >= 0.6 is 11.6 Å². The summed E-state index contributed by atoms with van der Waals surface area (Å²) in [6.07, 6.45) is 6.00. The number of rotatable bonds is 10. The highest BCUT2D eigenvalue weighted by Crippen LogP contribution is 2.27. The number of piperidine rings is 1. The van der Waals surface area contributed by atoms with E-state index in [-0.39, 0.29) is 19.2 Å². The van der Waals surface area contributed by atoms with Crippen LogP contribution < -0.4 is 4.74 Å². The Bertz CT molecular complexity index is 1780. The third kappa shape index (κ3) is 7.37. The van der Waals surface area contributed by atoms with Crippen molar-refractivity contribution in [2.45, 2.75) is 59.0 Å². The van der Waals surface area contributed by atoms with Crippen molar-refractivity contribution in [1.82, 2.24) is 33.8 Å². The van der Waals surface area contributed by atoms with Crippen molar-refractivity contribution in [2.75, 3.05) is 20.2 Å². The molecule has 4 heterocycles. The smallest absolute Gasteiger partial charge is 0.337 e.